The van der Waals surface area contributed by atoms with Crippen LogP contribution >= 0.6 is 12.4 Å². The summed E-state index contributed by atoms with van der Waals surface area (Å²) in [5, 5.41) is 2.29. The molecule has 1 saturated heterocycles. The summed E-state index contributed by atoms with van der Waals surface area (Å²) in [4.78, 5) is 15.4. The Hall–Kier alpha value is -1.82. The molecule has 3 aliphatic rings. The molecule has 0 spiro atoms. The van der Waals surface area contributed by atoms with Gasteiger partial charge in [-0.3, -0.25) is 9.36 Å². The molecule has 0 bridgehead atoms. The predicted molar refractivity (Wildman–Crippen MR) is 129 cm³/mol. The molecule has 1 aliphatic carbocycles. The summed E-state index contributed by atoms with van der Waals surface area (Å²) in [6, 6.07) is 10.4. The van der Waals surface area contributed by atoms with Crippen molar-refractivity contribution < 1.29 is 0 Å². The minimum atomic E-state index is 0. The van der Waals surface area contributed by atoms with Gasteiger partial charge < -0.3 is 10.3 Å². The SMILES string of the molecule is CC1CCC(c2ccn(-c3ccc4c(c3)CN(CCN3CCCC3)N4)c(=O)c2)CC1.Cl. The number of hydrogen-bond donors (Lipinski definition) is 1. The molecule has 5 rings (SSSR count). The molecule has 1 N–H and O–H groups in total. The Morgan fingerprint density at radius 1 is 1.00 bits per heavy atom. The molecule has 2 aromatic rings. The van der Waals surface area contributed by atoms with Crippen molar-refractivity contribution in [3.63, 3.8) is 0 Å². The number of aromatic nitrogens is 1. The van der Waals surface area contributed by atoms with Crippen molar-refractivity contribution in [1.29, 1.82) is 0 Å². The number of fused-ring (bicyclic) bond motifs is 1. The lowest BCUT2D eigenvalue weighted by molar-refractivity contribution is 0.259. The number of rotatable bonds is 5. The van der Waals surface area contributed by atoms with Crippen LogP contribution < -0.4 is 11.0 Å². The van der Waals surface area contributed by atoms with Crippen LogP contribution in [-0.4, -0.2) is 40.7 Å². The van der Waals surface area contributed by atoms with E-state index >= 15 is 0 Å². The van der Waals surface area contributed by atoms with Crippen molar-refractivity contribution >= 4 is 18.1 Å². The molecule has 0 radical (unpaired) electrons. The van der Waals surface area contributed by atoms with Gasteiger partial charge in [-0.25, -0.2) is 5.01 Å². The first kappa shape index (κ1) is 22.4. The quantitative estimate of drug-likeness (QED) is 0.722. The molecule has 31 heavy (non-hydrogen) atoms. The Kier molecular flexibility index (Phi) is 7.05. The Bertz CT molecular complexity index is 945. The first-order valence-electron chi connectivity index (χ1n) is 11.8. The van der Waals surface area contributed by atoms with E-state index in [2.05, 4.69) is 46.5 Å². The molecule has 168 valence electrons. The first-order valence-corrected chi connectivity index (χ1v) is 11.8. The molecule has 0 amide bonds. The van der Waals surface area contributed by atoms with E-state index in [1.54, 1.807) is 4.57 Å². The Labute approximate surface area is 191 Å². The molecular weight excluding hydrogens is 408 g/mol. The fourth-order valence-corrected chi connectivity index (χ4v) is 5.34. The van der Waals surface area contributed by atoms with Crippen LogP contribution in [0.5, 0.6) is 0 Å². The molecule has 6 heteroatoms. The van der Waals surface area contributed by atoms with E-state index in [9.17, 15) is 4.79 Å². The summed E-state index contributed by atoms with van der Waals surface area (Å²) in [5.74, 6) is 1.38. The molecule has 2 fully saturated rings. The number of nitrogens with one attached hydrogen (secondary N) is 1. The van der Waals surface area contributed by atoms with Crippen LogP contribution in [0.2, 0.25) is 0 Å². The van der Waals surface area contributed by atoms with Gasteiger partial charge >= 0.3 is 0 Å². The van der Waals surface area contributed by atoms with E-state index < -0.39 is 0 Å². The first-order chi connectivity index (χ1) is 14.7. The van der Waals surface area contributed by atoms with Gasteiger partial charge in [0.15, 0.2) is 0 Å². The van der Waals surface area contributed by atoms with Gasteiger partial charge in [0.05, 0.1) is 5.69 Å². The maximum absolute atomic E-state index is 12.9. The zero-order valence-electron chi connectivity index (χ0n) is 18.6. The molecule has 0 atom stereocenters. The van der Waals surface area contributed by atoms with Gasteiger partial charge in [-0.15, -0.1) is 12.4 Å². The van der Waals surface area contributed by atoms with Crippen LogP contribution in [0.15, 0.2) is 41.3 Å². The van der Waals surface area contributed by atoms with Crippen LogP contribution in [0.25, 0.3) is 5.69 Å². The van der Waals surface area contributed by atoms with Crippen molar-refractivity contribution in [1.82, 2.24) is 14.5 Å². The Morgan fingerprint density at radius 2 is 1.77 bits per heavy atom. The van der Waals surface area contributed by atoms with Crippen molar-refractivity contribution in [2.45, 2.75) is 57.9 Å². The summed E-state index contributed by atoms with van der Waals surface area (Å²) >= 11 is 0. The summed E-state index contributed by atoms with van der Waals surface area (Å²) in [6.45, 7) is 7.86. The number of halogens is 1. The smallest absolute Gasteiger partial charge is 0.255 e. The number of likely N-dealkylation sites (tertiary alicyclic amines) is 1. The Balaban J connectivity index is 0.00000231. The van der Waals surface area contributed by atoms with Crippen molar-refractivity contribution in [2.24, 2.45) is 5.92 Å². The lowest BCUT2D eigenvalue weighted by Crippen LogP contribution is -2.33. The van der Waals surface area contributed by atoms with E-state index in [-0.39, 0.29) is 18.0 Å². The minimum Gasteiger partial charge on any atom is -0.318 e. The van der Waals surface area contributed by atoms with Crippen LogP contribution in [0.1, 0.15) is 62.5 Å². The zero-order valence-corrected chi connectivity index (χ0v) is 19.4. The molecule has 0 unspecified atom stereocenters. The number of pyridine rings is 1. The van der Waals surface area contributed by atoms with E-state index in [0.29, 0.717) is 5.92 Å². The highest BCUT2D eigenvalue weighted by atomic mass is 35.5. The molecular formula is C25H35ClN4O. The third-order valence-corrected chi connectivity index (χ3v) is 7.32. The van der Waals surface area contributed by atoms with Crippen LogP contribution in [0.4, 0.5) is 5.69 Å². The maximum Gasteiger partial charge on any atom is 0.255 e. The van der Waals surface area contributed by atoms with Crippen LogP contribution in [-0.2, 0) is 6.54 Å². The second kappa shape index (κ2) is 9.76. The predicted octanol–water partition coefficient (Wildman–Crippen LogP) is 4.79. The summed E-state index contributed by atoms with van der Waals surface area (Å²) in [5.41, 5.74) is 8.24. The third kappa shape index (κ3) is 5.00. The summed E-state index contributed by atoms with van der Waals surface area (Å²) in [7, 11) is 0. The highest BCUT2D eigenvalue weighted by molar-refractivity contribution is 5.85. The molecule has 2 aliphatic heterocycles. The summed E-state index contributed by atoms with van der Waals surface area (Å²) in [6.07, 6.45) is 9.63. The van der Waals surface area contributed by atoms with Crippen molar-refractivity contribution in [3.8, 4) is 5.69 Å². The Morgan fingerprint density at radius 3 is 2.52 bits per heavy atom. The topological polar surface area (TPSA) is 40.5 Å². The normalized spacial score (nSPS) is 23.9. The highest BCUT2D eigenvalue weighted by Crippen LogP contribution is 2.35. The van der Waals surface area contributed by atoms with E-state index in [1.807, 2.05) is 12.3 Å². The van der Waals surface area contributed by atoms with Crippen molar-refractivity contribution in [3.05, 3.63) is 58.0 Å². The van der Waals surface area contributed by atoms with Gasteiger partial charge in [-0.1, -0.05) is 19.8 Å². The average Bonchev–Trinajstić information content (AvgIpc) is 3.41. The number of nitrogens with zero attached hydrogens (tertiary/aromatic N) is 3. The lowest BCUT2D eigenvalue weighted by atomic mass is 9.80. The molecule has 1 saturated carbocycles. The molecule has 1 aromatic heterocycles. The average molecular weight is 443 g/mol. The van der Waals surface area contributed by atoms with E-state index in [0.717, 1.165) is 31.2 Å². The minimum absolute atomic E-state index is 0. The maximum atomic E-state index is 12.9. The van der Waals surface area contributed by atoms with Gasteiger partial charge in [-0.2, -0.15) is 0 Å². The molecule has 5 nitrogen and oxygen atoms in total. The number of hydrogen-bond acceptors (Lipinski definition) is 4. The second-order valence-corrected chi connectivity index (χ2v) is 9.55. The van der Waals surface area contributed by atoms with Crippen LogP contribution in [0, 0.1) is 5.92 Å². The fraction of sp³-hybridized carbons (Fsp3) is 0.560. The second-order valence-electron chi connectivity index (χ2n) is 9.55. The van der Waals surface area contributed by atoms with Gasteiger partial charge in [0.25, 0.3) is 5.56 Å². The fourth-order valence-electron chi connectivity index (χ4n) is 5.34. The van der Waals surface area contributed by atoms with Gasteiger partial charge in [-0.05, 0) is 86.0 Å². The summed E-state index contributed by atoms with van der Waals surface area (Å²) < 4.78 is 1.79. The molecule has 3 heterocycles. The van der Waals surface area contributed by atoms with E-state index in [4.69, 9.17) is 0 Å². The van der Waals surface area contributed by atoms with Crippen molar-refractivity contribution in [2.75, 3.05) is 31.6 Å². The molecule has 1 aromatic carbocycles. The standard InChI is InChI=1S/C25H34N4O.ClH/c1-19-4-6-20(7-5-19)21-10-13-29(25(30)17-21)23-8-9-24-22(16-23)18-28(26-24)15-14-27-11-2-3-12-27;/h8-10,13,16-17,19-20,26H,2-7,11-12,14-15,18H2,1H3;1H. The largest absolute Gasteiger partial charge is 0.318 e. The van der Waals surface area contributed by atoms with Gasteiger partial charge in [0.1, 0.15) is 0 Å². The third-order valence-electron chi connectivity index (χ3n) is 7.32. The van der Waals surface area contributed by atoms with Crippen LogP contribution in [0.3, 0.4) is 0 Å². The van der Waals surface area contributed by atoms with Gasteiger partial charge in [0.2, 0.25) is 0 Å². The number of anilines is 1. The number of benzene rings is 1. The zero-order chi connectivity index (χ0) is 20.5. The number of hydrazine groups is 1. The monoisotopic (exact) mass is 442 g/mol. The van der Waals surface area contributed by atoms with E-state index in [1.165, 1.54) is 68.4 Å². The lowest BCUT2D eigenvalue weighted by Gasteiger charge is -2.26. The van der Waals surface area contributed by atoms with Gasteiger partial charge in [0, 0.05) is 37.6 Å². The highest BCUT2D eigenvalue weighted by Gasteiger charge is 2.22.